The Balaban J connectivity index is 0.00000240. The minimum Gasteiger partial charge on any atom is -0.357 e. The Kier molecular flexibility index (Phi) is 9.45. The van der Waals surface area contributed by atoms with Gasteiger partial charge >= 0.3 is 0 Å². The van der Waals surface area contributed by atoms with E-state index in [4.69, 9.17) is 4.99 Å². The van der Waals surface area contributed by atoms with E-state index >= 15 is 0 Å². The Morgan fingerprint density at radius 1 is 1.10 bits per heavy atom. The molecule has 2 saturated heterocycles. The number of likely N-dealkylation sites (tertiary alicyclic amines) is 1. The highest BCUT2D eigenvalue weighted by molar-refractivity contribution is 14.0. The van der Waals surface area contributed by atoms with Gasteiger partial charge in [-0.1, -0.05) is 31.4 Å². The summed E-state index contributed by atoms with van der Waals surface area (Å²) in [6.45, 7) is 11.2. The predicted molar refractivity (Wildman–Crippen MR) is 137 cm³/mol. The van der Waals surface area contributed by atoms with E-state index in [1.807, 2.05) is 0 Å². The highest BCUT2D eigenvalue weighted by Gasteiger charge is 2.39. The molecule has 0 amide bonds. The molecule has 3 aliphatic heterocycles. The van der Waals surface area contributed by atoms with Crippen LogP contribution in [0.15, 0.2) is 17.1 Å². The number of aliphatic imine (C=N–C) groups is 1. The zero-order valence-electron chi connectivity index (χ0n) is 18.2. The normalized spacial score (nSPS) is 28.5. The summed E-state index contributed by atoms with van der Waals surface area (Å²) in [6, 6.07) is 0.682. The second kappa shape index (κ2) is 11.6. The van der Waals surface area contributed by atoms with Gasteiger partial charge in [-0.15, -0.1) is 24.0 Å². The van der Waals surface area contributed by atoms with Crippen LogP contribution in [0.3, 0.4) is 0 Å². The molecular weight excluding hydrogens is 493 g/mol. The number of hydrogen-bond donors (Lipinski definition) is 1. The fraction of sp³-hybridized carbons (Fsp3) is 0.864. The van der Waals surface area contributed by atoms with Crippen molar-refractivity contribution < 1.29 is 0 Å². The highest BCUT2D eigenvalue weighted by Crippen LogP contribution is 2.35. The van der Waals surface area contributed by atoms with E-state index < -0.39 is 0 Å². The Morgan fingerprint density at radius 2 is 1.83 bits per heavy atom. The molecule has 0 aromatic heterocycles. The average molecular weight is 534 g/mol. The summed E-state index contributed by atoms with van der Waals surface area (Å²) < 4.78 is 0. The molecule has 5 nitrogen and oxygen atoms in total. The number of guanidine groups is 1. The van der Waals surface area contributed by atoms with E-state index in [2.05, 4.69) is 50.9 Å². The van der Waals surface area contributed by atoms with Gasteiger partial charge in [0.2, 0.25) is 0 Å². The third-order valence-corrected chi connectivity index (χ3v) is 8.09. The van der Waals surface area contributed by atoms with Crippen molar-refractivity contribution in [2.75, 3.05) is 63.9 Å². The molecule has 0 aromatic carbocycles. The van der Waals surface area contributed by atoms with Gasteiger partial charge in [-0.05, 0) is 26.2 Å². The van der Waals surface area contributed by atoms with Gasteiger partial charge < -0.3 is 10.2 Å². The van der Waals surface area contributed by atoms with Crippen LogP contribution in [0.2, 0.25) is 0 Å². The van der Waals surface area contributed by atoms with Gasteiger partial charge in [-0.2, -0.15) is 11.8 Å². The molecule has 1 atom stereocenters. The zero-order chi connectivity index (χ0) is 19.2. The van der Waals surface area contributed by atoms with Crippen LogP contribution in [0.4, 0.5) is 0 Å². The first-order chi connectivity index (χ1) is 13.8. The summed E-state index contributed by atoms with van der Waals surface area (Å²) in [5.41, 5.74) is 0.317. The first-order valence-corrected chi connectivity index (χ1v) is 12.7. The number of hydrogen-bond acceptors (Lipinski definition) is 4. The lowest BCUT2D eigenvalue weighted by Gasteiger charge is -2.47. The number of halogens is 1. The summed E-state index contributed by atoms with van der Waals surface area (Å²) in [7, 11) is 0. The third kappa shape index (κ3) is 5.83. The number of thioether (sulfide) groups is 1. The maximum absolute atomic E-state index is 5.28. The fourth-order valence-electron chi connectivity index (χ4n) is 5.49. The first kappa shape index (κ1) is 23.7. The van der Waals surface area contributed by atoms with Gasteiger partial charge in [0.05, 0.1) is 6.54 Å². The topological polar surface area (TPSA) is 34.1 Å². The van der Waals surface area contributed by atoms with Crippen LogP contribution in [0.5, 0.6) is 0 Å². The molecule has 0 aromatic rings. The van der Waals surface area contributed by atoms with Crippen molar-refractivity contribution in [3.05, 3.63) is 12.2 Å². The Hall–Kier alpha value is 0.01000. The van der Waals surface area contributed by atoms with Gasteiger partial charge in [-0.25, -0.2) is 0 Å². The highest BCUT2D eigenvalue weighted by atomic mass is 127. The molecule has 166 valence electrons. The maximum Gasteiger partial charge on any atom is 0.194 e. The van der Waals surface area contributed by atoms with E-state index in [1.165, 1.54) is 63.1 Å². The fourth-order valence-corrected chi connectivity index (χ4v) is 6.40. The molecule has 1 aliphatic carbocycles. The average Bonchev–Trinajstić information content (AvgIpc) is 3.44. The molecule has 4 aliphatic rings. The van der Waals surface area contributed by atoms with Gasteiger partial charge in [0.15, 0.2) is 5.96 Å². The maximum atomic E-state index is 5.28. The largest absolute Gasteiger partial charge is 0.357 e. The lowest BCUT2D eigenvalue weighted by Crippen LogP contribution is -2.55. The second-order valence-electron chi connectivity index (χ2n) is 8.87. The molecule has 0 bridgehead atoms. The molecular formula is C22H40IN5S. The molecule has 0 radical (unpaired) electrons. The van der Waals surface area contributed by atoms with Crippen LogP contribution < -0.4 is 5.32 Å². The van der Waals surface area contributed by atoms with Gasteiger partial charge in [0.25, 0.3) is 0 Å². The Morgan fingerprint density at radius 3 is 2.52 bits per heavy atom. The Bertz CT molecular complexity index is 549. The van der Waals surface area contributed by atoms with E-state index in [-0.39, 0.29) is 24.0 Å². The van der Waals surface area contributed by atoms with Crippen LogP contribution in [-0.4, -0.2) is 96.1 Å². The van der Waals surface area contributed by atoms with E-state index in [0.717, 1.165) is 45.2 Å². The lowest BCUT2D eigenvalue weighted by molar-refractivity contribution is 0.0670. The molecule has 1 saturated carbocycles. The predicted octanol–water partition coefficient (Wildman–Crippen LogP) is 3.27. The second-order valence-corrected chi connectivity index (χ2v) is 10.1. The first-order valence-electron chi connectivity index (χ1n) is 11.6. The number of nitrogens with one attached hydrogen (secondary N) is 1. The molecule has 1 unspecified atom stereocenters. The van der Waals surface area contributed by atoms with Crippen LogP contribution in [0.1, 0.15) is 45.4 Å². The molecule has 4 rings (SSSR count). The van der Waals surface area contributed by atoms with E-state index in [0.29, 0.717) is 11.6 Å². The van der Waals surface area contributed by atoms with Gasteiger partial charge in [-0.3, -0.25) is 14.8 Å². The Labute approximate surface area is 199 Å². The molecule has 0 spiro atoms. The standard InChI is InChI=1S/C22H39N5S.HI/c1-2-23-21(26-13-8-20(18-26)25-11-6-7-12-25)24-19-22(9-4-3-5-10-22)27-14-16-28-17-15-27;/h6-7,20H,2-5,8-19H2,1H3,(H,23,24);1H. The van der Waals surface area contributed by atoms with Crippen molar-refractivity contribution >= 4 is 41.7 Å². The SMILES string of the molecule is CCNC(=NCC1(N2CCSCC2)CCCCC1)N1CCC(N2CC=CC2)C1.I. The van der Waals surface area contributed by atoms with Crippen molar-refractivity contribution in [1.82, 2.24) is 20.0 Å². The summed E-state index contributed by atoms with van der Waals surface area (Å²) in [5, 5.41) is 3.61. The van der Waals surface area contributed by atoms with Crippen LogP contribution >= 0.6 is 35.7 Å². The quantitative estimate of drug-likeness (QED) is 0.254. The number of nitrogens with zero attached hydrogens (tertiary/aromatic N) is 4. The van der Waals surface area contributed by atoms with Gasteiger partial charge in [0.1, 0.15) is 0 Å². The van der Waals surface area contributed by atoms with Gasteiger partial charge in [0, 0.05) is 68.9 Å². The molecule has 7 heteroatoms. The van der Waals surface area contributed by atoms with Crippen molar-refractivity contribution in [2.24, 2.45) is 4.99 Å². The molecule has 3 fully saturated rings. The summed E-state index contributed by atoms with van der Waals surface area (Å²) >= 11 is 2.12. The molecule has 3 heterocycles. The summed E-state index contributed by atoms with van der Waals surface area (Å²) in [4.78, 5) is 13.2. The monoisotopic (exact) mass is 533 g/mol. The summed E-state index contributed by atoms with van der Waals surface area (Å²) in [5.74, 6) is 3.75. The van der Waals surface area contributed by atoms with Crippen LogP contribution in [0.25, 0.3) is 0 Å². The minimum absolute atomic E-state index is 0. The summed E-state index contributed by atoms with van der Waals surface area (Å²) in [6.07, 6.45) is 12.7. The van der Waals surface area contributed by atoms with Crippen LogP contribution in [-0.2, 0) is 0 Å². The van der Waals surface area contributed by atoms with E-state index in [1.54, 1.807) is 0 Å². The van der Waals surface area contributed by atoms with E-state index in [9.17, 15) is 0 Å². The van der Waals surface area contributed by atoms with Crippen molar-refractivity contribution in [2.45, 2.75) is 57.0 Å². The van der Waals surface area contributed by atoms with Crippen LogP contribution in [0, 0.1) is 0 Å². The lowest BCUT2D eigenvalue weighted by atomic mass is 9.80. The van der Waals surface area contributed by atoms with Crippen molar-refractivity contribution in [3.63, 3.8) is 0 Å². The van der Waals surface area contributed by atoms with Crippen molar-refractivity contribution in [3.8, 4) is 0 Å². The molecule has 1 N–H and O–H groups in total. The zero-order valence-corrected chi connectivity index (χ0v) is 21.3. The molecule has 29 heavy (non-hydrogen) atoms. The number of rotatable bonds is 5. The smallest absolute Gasteiger partial charge is 0.194 e. The minimum atomic E-state index is 0. The third-order valence-electron chi connectivity index (χ3n) is 7.15. The van der Waals surface area contributed by atoms with Crippen molar-refractivity contribution in [1.29, 1.82) is 0 Å².